The van der Waals surface area contributed by atoms with Crippen LogP contribution in [-0.2, 0) is 21.1 Å². The van der Waals surface area contributed by atoms with E-state index in [1.165, 1.54) is 0 Å². The van der Waals surface area contributed by atoms with Crippen molar-refractivity contribution in [2.24, 2.45) is 0 Å². The number of hydrogen-bond acceptors (Lipinski definition) is 12. The SMILES string of the molecule is O=[N+]([O-])[O-].O=[N+]([O-])[O-].O=[N+]([O-])[O-].O=[N+]([O-])[O-].[W]. The van der Waals surface area contributed by atoms with Crippen LogP contribution in [0.3, 0.4) is 0 Å². The van der Waals surface area contributed by atoms with Crippen molar-refractivity contribution in [2.45, 2.75) is 0 Å². The first kappa shape index (κ1) is 29.3. The molecule has 0 N–H and O–H groups in total. The summed E-state index contributed by atoms with van der Waals surface area (Å²) in [7, 11) is 0. The van der Waals surface area contributed by atoms with Crippen LogP contribution in [0.5, 0.6) is 0 Å². The predicted octanol–water partition coefficient (Wildman–Crippen LogP) is -0.959. The molecule has 0 aromatic heterocycles. The van der Waals surface area contributed by atoms with Crippen LogP contribution < -0.4 is 0 Å². The normalized spacial score (nSPS) is 5.65. The number of nitrogens with zero attached hydrogens (tertiary/aromatic N) is 4. The van der Waals surface area contributed by atoms with Crippen LogP contribution in [0.2, 0.25) is 0 Å². The molecule has 16 nitrogen and oxygen atoms in total. The first-order valence-electron chi connectivity index (χ1n) is 2.19. The van der Waals surface area contributed by atoms with Crippen LogP contribution in [0.15, 0.2) is 0 Å². The molecular formula is N4O12W-4. The number of rotatable bonds is 0. The fourth-order valence-corrected chi connectivity index (χ4v) is 0. The Morgan fingerprint density at radius 3 is 0.412 bits per heavy atom. The van der Waals surface area contributed by atoms with E-state index in [1.54, 1.807) is 0 Å². The van der Waals surface area contributed by atoms with Crippen molar-refractivity contribution in [1.82, 2.24) is 0 Å². The Morgan fingerprint density at radius 2 is 0.412 bits per heavy atom. The van der Waals surface area contributed by atoms with E-state index in [-0.39, 0.29) is 21.1 Å². The molecule has 0 aliphatic rings. The molecule has 0 aliphatic heterocycles. The van der Waals surface area contributed by atoms with E-state index in [0.29, 0.717) is 0 Å². The fourth-order valence-electron chi connectivity index (χ4n) is 0. The van der Waals surface area contributed by atoms with Gasteiger partial charge in [-0.15, -0.1) is 0 Å². The Labute approximate surface area is 103 Å². The van der Waals surface area contributed by atoms with E-state index in [0.717, 1.165) is 0 Å². The Kier molecular flexibility index (Phi) is 40.2. The summed E-state index contributed by atoms with van der Waals surface area (Å²) in [4.78, 5) is 33.0. The number of hydrogen-bond donors (Lipinski definition) is 0. The maximum atomic E-state index is 8.25. The third-order valence-electron chi connectivity index (χ3n) is 0. The van der Waals surface area contributed by atoms with Crippen LogP contribution in [-0.4, -0.2) is 20.3 Å². The van der Waals surface area contributed by atoms with E-state index in [4.69, 9.17) is 61.3 Å². The molecule has 0 amide bonds. The molecule has 0 atom stereocenters. The second-order valence-corrected chi connectivity index (χ2v) is 0.894. The molecule has 0 rings (SSSR count). The third-order valence-corrected chi connectivity index (χ3v) is 0. The van der Waals surface area contributed by atoms with Crippen LogP contribution in [0.1, 0.15) is 0 Å². The molecule has 0 unspecified atom stereocenters. The topological polar surface area (TPSA) is 265 Å². The maximum Gasteiger partial charge on any atom is 0.0689 e. The second-order valence-electron chi connectivity index (χ2n) is 0.894. The minimum Gasteiger partial charge on any atom is -0.356 e. The molecule has 0 aliphatic carbocycles. The fraction of sp³-hybridized carbons (Fsp3) is 0. The molecule has 102 valence electrons. The van der Waals surface area contributed by atoms with E-state index >= 15 is 0 Å². The summed E-state index contributed by atoms with van der Waals surface area (Å²) in [5.41, 5.74) is 0. The van der Waals surface area contributed by atoms with Crippen LogP contribution in [0.25, 0.3) is 0 Å². The minimum atomic E-state index is -1.75. The van der Waals surface area contributed by atoms with Gasteiger partial charge in [-0.05, 0) is 0 Å². The summed E-state index contributed by atoms with van der Waals surface area (Å²) >= 11 is 0. The van der Waals surface area contributed by atoms with Gasteiger partial charge in [-0.2, -0.15) is 0 Å². The molecule has 0 bridgehead atoms. The molecule has 17 heavy (non-hydrogen) atoms. The molecule has 0 fully saturated rings. The van der Waals surface area contributed by atoms with Gasteiger partial charge in [0.2, 0.25) is 0 Å². The Bertz CT molecular complexity index is 159. The predicted molar refractivity (Wildman–Crippen MR) is 41.4 cm³/mol. The molecule has 0 heterocycles. The standard InChI is InChI=1S/4NO3.W/c4*2-1(3)4;/q4*-1;. The van der Waals surface area contributed by atoms with Gasteiger partial charge < -0.3 is 61.3 Å². The Morgan fingerprint density at radius 1 is 0.412 bits per heavy atom. The first-order chi connectivity index (χ1) is 6.93. The summed E-state index contributed by atoms with van der Waals surface area (Å²) in [6.45, 7) is 0. The molecule has 0 aromatic carbocycles. The van der Waals surface area contributed by atoms with Crippen molar-refractivity contribution in [3.8, 4) is 0 Å². The van der Waals surface area contributed by atoms with Gasteiger partial charge in [0.25, 0.3) is 0 Å². The zero-order valence-electron chi connectivity index (χ0n) is 7.10. The average molecular weight is 432 g/mol. The molecule has 0 aromatic rings. The van der Waals surface area contributed by atoms with Crippen molar-refractivity contribution in [3.63, 3.8) is 0 Å². The van der Waals surface area contributed by atoms with Crippen molar-refractivity contribution in [3.05, 3.63) is 61.3 Å². The van der Waals surface area contributed by atoms with Crippen LogP contribution in [0, 0.1) is 61.3 Å². The third kappa shape index (κ3) is 282. The van der Waals surface area contributed by atoms with Gasteiger partial charge in [0.15, 0.2) is 0 Å². The van der Waals surface area contributed by atoms with Crippen LogP contribution >= 0.6 is 0 Å². The molecule has 0 radical (unpaired) electrons. The van der Waals surface area contributed by atoms with Crippen molar-refractivity contribution in [2.75, 3.05) is 0 Å². The molecule has 17 heteroatoms. The Hall–Kier alpha value is -2.51. The Balaban J connectivity index is -0.0000000369. The van der Waals surface area contributed by atoms with Gasteiger partial charge in [0, 0.05) is 21.1 Å². The molecule has 0 saturated carbocycles. The van der Waals surface area contributed by atoms with Gasteiger partial charge in [-0.25, -0.2) is 0 Å². The van der Waals surface area contributed by atoms with Crippen molar-refractivity contribution < 1.29 is 41.4 Å². The van der Waals surface area contributed by atoms with E-state index in [2.05, 4.69) is 0 Å². The monoisotopic (exact) mass is 432 g/mol. The zero-order valence-corrected chi connectivity index (χ0v) is 10.0. The van der Waals surface area contributed by atoms with Gasteiger partial charge in [0.05, 0.1) is 20.3 Å². The van der Waals surface area contributed by atoms with Gasteiger partial charge in [-0.3, -0.25) is 0 Å². The minimum absolute atomic E-state index is 0. The van der Waals surface area contributed by atoms with E-state index in [1.807, 2.05) is 0 Å². The summed E-state index contributed by atoms with van der Waals surface area (Å²) < 4.78 is 0. The van der Waals surface area contributed by atoms with Gasteiger partial charge in [0.1, 0.15) is 0 Å². The summed E-state index contributed by atoms with van der Waals surface area (Å²) in [5.74, 6) is 0. The average Bonchev–Trinajstić information content (AvgIpc) is 1.76. The van der Waals surface area contributed by atoms with E-state index in [9.17, 15) is 0 Å². The maximum absolute atomic E-state index is 8.25. The van der Waals surface area contributed by atoms with Crippen molar-refractivity contribution >= 4 is 0 Å². The smallest absolute Gasteiger partial charge is 0.0689 e. The van der Waals surface area contributed by atoms with Crippen molar-refractivity contribution in [1.29, 1.82) is 0 Å². The zero-order chi connectivity index (χ0) is 14.3. The largest absolute Gasteiger partial charge is 0.356 e. The summed E-state index contributed by atoms with van der Waals surface area (Å²) in [5, 5.41) is 59.0. The molecular weight excluding hydrogens is 432 g/mol. The summed E-state index contributed by atoms with van der Waals surface area (Å²) in [6.07, 6.45) is 0. The second kappa shape index (κ2) is 23.4. The first-order valence-corrected chi connectivity index (χ1v) is 2.19. The van der Waals surface area contributed by atoms with E-state index < -0.39 is 20.3 Å². The van der Waals surface area contributed by atoms with Gasteiger partial charge >= 0.3 is 0 Å². The quantitative estimate of drug-likeness (QED) is 0.331. The summed E-state index contributed by atoms with van der Waals surface area (Å²) in [6, 6.07) is 0. The molecule has 0 saturated heterocycles. The van der Waals surface area contributed by atoms with Gasteiger partial charge in [-0.1, -0.05) is 0 Å². The van der Waals surface area contributed by atoms with Crippen LogP contribution in [0.4, 0.5) is 0 Å². The molecule has 0 spiro atoms.